The summed E-state index contributed by atoms with van der Waals surface area (Å²) in [5.74, 6) is -1.12. The molecule has 3 aromatic rings. The summed E-state index contributed by atoms with van der Waals surface area (Å²) in [7, 11) is 2.62. The summed E-state index contributed by atoms with van der Waals surface area (Å²) in [4.78, 5) is 12.8. The van der Waals surface area contributed by atoms with Gasteiger partial charge in [0.05, 0.1) is 19.6 Å². The van der Waals surface area contributed by atoms with Crippen LogP contribution in [-0.2, 0) is 0 Å². The number of methoxy groups -OCH3 is 2. The Bertz CT molecular complexity index is 924. The van der Waals surface area contributed by atoms with E-state index in [2.05, 4.69) is 0 Å². The summed E-state index contributed by atoms with van der Waals surface area (Å²) >= 11 is 0. The Morgan fingerprint density at radius 2 is 1.39 bits per heavy atom. The monoisotopic (exact) mass is 318 g/mol. The van der Waals surface area contributed by atoms with Crippen LogP contribution in [0, 0.1) is 6.92 Å². The van der Waals surface area contributed by atoms with E-state index in [1.165, 1.54) is 20.3 Å². The highest BCUT2D eigenvalue weighted by Gasteiger charge is 2.23. The van der Waals surface area contributed by atoms with E-state index in [0.717, 1.165) is 6.07 Å². The Morgan fingerprint density at radius 1 is 0.870 bits per heavy atom. The summed E-state index contributed by atoms with van der Waals surface area (Å²) in [6.45, 7) is 1.62. The van der Waals surface area contributed by atoms with Crippen LogP contribution in [-0.4, -0.2) is 29.5 Å². The maximum absolute atomic E-state index is 12.8. The quantitative estimate of drug-likeness (QED) is 0.622. The number of hydrogen-bond acceptors (Lipinski definition) is 7. The predicted molar refractivity (Wildman–Crippen MR) is 82.8 cm³/mol. The summed E-state index contributed by atoms with van der Waals surface area (Å²) in [5, 5.41) is 29.9. The Balaban J connectivity index is 2.69. The lowest BCUT2D eigenvalue weighted by atomic mass is 10.0. The van der Waals surface area contributed by atoms with Crippen molar-refractivity contribution >= 4 is 21.9 Å². The summed E-state index contributed by atoms with van der Waals surface area (Å²) in [5.41, 5.74) is -0.190. The van der Waals surface area contributed by atoms with Crippen molar-refractivity contribution in [3.63, 3.8) is 0 Å². The molecule has 120 valence electrons. The fraction of sp³-hybridized carbons (Fsp3) is 0.188. The Hall–Kier alpha value is -3.09. The molecule has 3 rings (SSSR count). The van der Waals surface area contributed by atoms with Crippen LogP contribution in [0.2, 0.25) is 0 Å². The number of benzene rings is 2. The fourth-order valence-electron chi connectivity index (χ4n) is 2.68. The van der Waals surface area contributed by atoms with Crippen LogP contribution in [0.15, 0.2) is 21.3 Å². The molecule has 1 heterocycles. The molecule has 0 spiro atoms. The molecule has 2 aromatic carbocycles. The van der Waals surface area contributed by atoms with Crippen LogP contribution in [0.3, 0.4) is 0 Å². The number of aromatic hydroxyl groups is 3. The molecular weight excluding hydrogens is 304 g/mol. The van der Waals surface area contributed by atoms with Gasteiger partial charge in [0.2, 0.25) is 16.9 Å². The van der Waals surface area contributed by atoms with Gasteiger partial charge in [-0.15, -0.1) is 0 Å². The molecule has 0 unspecified atom stereocenters. The van der Waals surface area contributed by atoms with Crippen molar-refractivity contribution in [1.82, 2.24) is 0 Å². The average molecular weight is 318 g/mol. The molecule has 0 amide bonds. The van der Waals surface area contributed by atoms with Crippen molar-refractivity contribution in [1.29, 1.82) is 0 Å². The third kappa shape index (κ3) is 1.93. The first kappa shape index (κ1) is 14.8. The average Bonchev–Trinajstić information content (AvgIpc) is 2.46. The molecule has 0 atom stereocenters. The number of aryl methyl sites for hydroxylation is 1. The molecule has 0 bridgehead atoms. The minimum atomic E-state index is -0.521. The lowest BCUT2D eigenvalue weighted by Gasteiger charge is -2.13. The van der Waals surface area contributed by atoms with Crippen molar-refractivity contribution in [2.24, 2.45) is 0 Å². The number of rotatable bonds is 2. The van der Waals surface area contributed by atoms with Gasteiger partial charge in [0, 0.05) is 6.07 Å². The molecular formula is C16H14O7. The zero-order valence-electron chi connectivity index (χ0n) is 12.6. The van der Waals surface area contributed by atoms with E-state index < -0.39 is 11.2 Å². The summed E-state index contributed by atoms with van der Waals surface area (Å²) in [6, 6.07) is 2.38. The third-order valence-electron chi connectivity index (χ3n) is 3.68. The van der Waals surface area contributed by atoms with Crippen molar-refractivity contribution in [2.75, 3.05) is 14.2 Å². The van der Waals surface area contributed by atoms with E-state index in [0.29, 0.717) is 5.56 Å². The zero-order valence-corrected chi connectivity index (χ0v) is 12.6. The first-order valence-corrected chi connectivity index (χ1v) is 6.66. The topological polar surface area (TPSA) is 109 Å². The van der Waals surface area contributed by atoms with Gasteiger partial charge in [-0.05, 0) is 18.6 Å². The van der Waals surface area contributed by atoms with Gasteiger partial charge < -0.3 is 29.2 Å². The van der Waals surface area contributed by atoms with E-state index in [1.807, 2.05) is 0 Å². The number of ether oxygens (including phenoxy) is 2. The summed E-state index contributed by atoms with van der Waals surface area (Å²) in [6.07, 6.45) is 0. The van der Waals surface area contributed by atoms with Crippen LogP contribution in [0.4, 0.5) is 0 Å². The zero-order chi connectivity index (χ0) is 16.9. The first-order valence-electron chi connectivity index (χ1n) is 6.66. The molecule has 0 saturated carbocycles. The standard InChI is InChI=1S/C16H14O7/c1-6-4-8(18)13(21-2)15-10(6)12(20)11-7(17)5-9(19)14(22-3)16(11)23-15/h4-5,17-19H,1-3H3. The molecule has 0 fully saturated rings. The van der Waals surface area contributed by atoms with Crippen LogP contribution in [0.1, 0.15) is 5.56 Å². The van der Waals surface area contributed by atoms with Gasteiger partial charge in [0.15, 0.2) is 22.7 Å². The fourth-order valence-corrected chi connectivity index (χ4v) is 2.68. The van der Waals surface area contributed by atoms with Crippen molar-refractivity contribution in [3.05, 3.63) is 27.9 Å². The molecule has 23 heavy (non-hydrogen) atoms. The number of fused-ring (bicyclic) bond motifs is 2. The number of phenols is 3. The molecule has 7 nitrogen and oxygen atoms in total. The minimum absolute atomic E-state index is 0.00537. The highest BCUT2D eigenvalue weighted by Crippen LogP contribution is 2.43. The van der Waals surface area contributed by atoms with Crippen LogP contribution >= 0.6 is 0 Å². The molecule has 0 aliphatic rings. The third-order valence-corrected chi connectivity index (χ3v) is 3.68. The van der Waals surface area contributed by atoms with E-state index in [9.17, 15) is 20.1 Å². The number of hydrogen-bond donors (Lipinski definition) is 3. The number of phenolic OH excluding ortho intramolecular Hbond substituents is 3. The Kier molecular flexibility index (Phi) is 3.21. The second-order valence-corrected chi connectivity index (χ2v) is 5.03. The maximum Gasteiger partial charge on any atom is 0.204 e. The molecule has 0 aliphatic heterocycles. The van der Waals surface area contributed by atoms with E-state index in [-0.39, 0.29) is 44.9 Å². The van der Waals surface area contributed by atoms with Crippen LogP contribution in [0.25, 0.3) is 21.9 Å². The van der Waals surface area contributed by atoms with E-state index in [1.54, 1.807) is 6.92 Å². The van der Waals surface area contributed by atoms with Gasteiger partial charge in [0.25, 0.3) is 0 Å². The second-order valence-electron chi connectivity index (χ2n) is 5.03. The van der Waals surface area contributed by atoms with Crippen molar-refractivity contribution < 1.29 is 29.2 Å². The van der Waals surface area contributed by atoms with Gasteiger partial charge in [-0.2, -0.15) is 0 Å². The largest absolute Gasteiger partial charge is 0.507 e. The van der Waals surface area contributed by atoms with Gasteiger partial charge in [-0.1, -0.05) is 0 Å². The molecule has 1 aromatic heterocycles. The van der Waals surface area contributed by atoms with Gasteiger partial charge in [-0.25, -0.2) is 0 Å². The van der Waals surface area contributed by atoms with Crippen molar-refractivity contribution in [2.45, 2.75) is 6.92 Å². The maximum atomic E-state index is 12.8. The summed E-state index contributed by atoms with van der Waals surface area (Å²) < 4.78 is 15.8. The van der Waals surface area contributed by atoms with Gasteiger partial charge in [0.1, 0.15) is 11.1 Å². The molecule has 3 N–H and O–H groups in total. The molecule has 7 heteroatoms. The Morgan fingerprint density at radius 3 is 1.96 bits per heavy atom. The molecule has 0 aliphatic carbocycles. The molecule has 0 saturated heterocycles. The van der Waals surface area contributed by atoms with Crippen molar-refractivity contribution in [3.8, 4) is 28.7 Å². The van der Waals surface area contributed by atoms with Crippen LogP contribution < -0.4 is 14.9 Å². The molecule has 0 radical (unpaired) electrons. The predicted octanol–water partition coefficient (Wildman–Crippen LogP) is 2.39. The lowest BCUT2D eigenvalue weighted by molar-refractivity contribution is 0.363. The van der Waals surface area contributed by atoms with E-state index in [4.69, 9.17) is 13.9 Å². The highest BCUT2D eigenvalue weighted by molar-refractivity contribution is 6.00. The van der Waals surface area contributed by atoms with Gasteiger partial charge in [-0.3, -0.25) is 4.79 Å². The highest BCUT2D eigenvalue weighted by atomic mass is 16.5. The SMILES string of the molecule is COc1c(O)cc(C)c2c(=O)c3c(O)cc(O)c(OC)c3oc12. The lowest BCUT2D eigenvalue weighted by Crippen LogP contribution is -2.06. The minimum Gasteiger partial charge on any atom is -0.507 e. The van der Waals surface area contributed by atoms with Gasteiger partial charge >= 0.3 is 0 Å². The van der Waals surface area contributed by atoms with Crippen LogP contribution in [0.5, 0.6) is 28.7 Å². The van der Waals surface area contributed by atoms with E-state index >= 15 is 0 Å². The Labute approximate surface area is 129 Å². The first-order chi connectivity index (χ1) is 10.9. The second kappa shape index (κ2) is 4.98. The normalized spacial score (nSPS) is 11.1. The smallest absolute Gasteiger partial charge is 0.204 e.